The summed E-state index contributed by atoms with van der Waals surface area (Å²) in [4.78, 5) is 31.8. The van der Waals surface area contributed by atoms with E-state index < -0.39 is 0 Å². The quantitative estimate of drug-likeness (QED) is 0.293. The number of aryl methyl sites for hydroxylation is 1. The number of benzene rings is 2. The van der Waals surface area contributed by atoms with E-state index in [-0.39, 0.29) is 23.3 Å². The molecule has 2 heterocycles. The lowest BCUT2D eigenvalue weighted by molar-refractivity contribution is -0.119. The average molecular weight is 464 g/mol. The summed E-state index contributed by atoms with van der Waals surface area (Å²) in [6.07, 6.45) is 0.867. The number of fused-ring (bicyclic) bond motifs is 1. The predicted molar refractivity (Wildman–Crippen MR) is 134 cm³/mol. The fraction of sp³-hybridized carbons (Fsp3) is 0.240. The van der Waals surface area contributed by atoms with E-state index in [2.05, 4.69) is 5.32 Å². The normalized spacial score (nSPS) is 12.1. The van der Waals surface area contributed by atoms with Crippen LogP contribution in [0.2, 0.25) is 0 Å². The second-order valence-electron chi connectivity index (χ2n) is 7.68. The maximum atomic E-state index is 13.8. The number of rotatable bonds is 7. The molecule has 0 bridgehead atoms. The maximum absolute atomic E-state index is 13.8. The number of hydrogen-bond acceptors (Lipinski definition) is 5. The summed E-state index contributed by atoms with van der Waals surface area (Å²) >= 11 is 2.75. The Balaban J connectivity index is 1.84. The Morgan fingerprint density at radius 2 is 1.88 bits per heavy atom. The van der Waals surface area contributed by atoms with Gasteiger partial charge in [0.05, 0.1) is 16.8 Å². The topological polar surface area (TPSA) is 64.0 Å². The highest BCUT2D eigenvalue weighted by Gasteiger charge is 2.20. The number of hydrogen-bond donors (Lipinski definition) is 1. The van der Waals surface area contributed by atoms with Crippen molar-refractivity contribution in [2.75, 3.05) is 5.75 Å². The Morgan fingerprint density at radius 3 is 2.59 bits per heavy atom. The molecule has 1 amide bonds. The number of thioether (sulfide) groups is 1. The van der Waals surface area contributed by atoms with Crippen LogP contribution in [-0.2, 0) is 4.79 Å². The first-order valence-electron chi connectivity index (χ1n) is 10.6. The second-order valence-corrected chi connectivity index (χ2v) is 9.48. The fourth-order valence-electron chi connectivity index (χ4n) is 3.47. The van der Waals surface area contributed by atoms with Crippen molar-refractivity contribution in [2.45, 2.75) is 38.4 Å². The van der Waals surface area contributed by atoms with Crippen molar-refractivity contribution in [1.82, 2.24) is 14.9 Å². The zero-order valence-electron chi connectivity index (χ0n) is 18.3. The van der Waals surface area contributed by atoms with Crippen molar-refractivity contribution in [1.29, 1.82) is 0 Å². The van der Waals surface area contributed by atoms with Gasteiger partial charge in [-0.15, -0.1) is 11.3 Å². The molecule has 0 fully saturated rings. The first kappa shape index (κ1) is 22.3. The van der Waals surface area contributed by atoms with E-state index in [1.807, 2.05) is 80.7 Å². The Labute approximate surface area is 195 Å². The Hall–Kier alpha value is -2.90. The van der Waals surface area contributed by atoms with Crippen LogP contribution in [0.25, 0.3) is 27.0 Å². The van der Waals surface area contributed by atoms with Gasteiger partial charge in [0.2, 0.25) is 5.91 Å². The number of carbonyl (C=O) groups is 1. The van der Waals surface area contributed by atoms with Gasteiger partial charge in [-0.1, -0.05) is 67.2 Å². The third-order valence-corrected chi connectivity index (χ3v) is 7.18. The first-order valence-corrected chi connectivity index (χ1v) is 12.4. The van der Waals surface area contributed by atoms with Gasteiger partial charge in [-0.2, -0.15) is 0 Å². The predicted octanol–water partition coefficient (Wildman–Crippen LogP) is 5.43. The molecule has 7 heteroatoms. The van der Waals surface area contributed by atoms with Gasteiger partial charge in [0, 0.05) is 17.0 Å². The molecule has 0 aliphatic heterocycles. The lowest BCUT2D eigenvalue weighted by Crippen LogP contribution is -2.33. The maximum Gasteiger partial charge on any atom is 0.268 e. The first-order chi connectivity index (χ1) is 15.5. The number of carbonyl (C=O) groups excluding carboxylic acids is 1. The third kappa shape index (κ3) is 4.49. The van der Waals surface area contributed by atoms with E-state index in [9.17, 15) is 9.59 Å². The zero-order chi connectivity index (χ0) is 22.7. The summed E-state index contributed by atoms with van der Waals surface area (Å²) in [6.45, 7) is 5.99. The molecule has 0 aliphatic carbocycles. The van der Waals surface area contributed by atoms with Crippen molar-refractivity contribution in [3.63, 3.8) is 0 Å². The molecule has 0 saturated heterocycles. The summed E-state index contributed by atoms with van der Waals surface area (Å²) < 4.78 is 1.65. The SMILES string of the molecule is CCC(C)NC(=O)CSc1nc2scc(-c3ccccc3)c2c(=O)n1-c1ccccc1C. The monoisotopic (exact) mass is 463 g/mol. The Kier molecular flexibility index (Phi) is 6.77. The molecule has 2 aromatic carbocycles. The van der Waals surface area contributed by atoms with Crippen LogP contribution in [0, 0.1) is 6.92 Å². The van der Waals surface area contributed by atoms with Crippen LogP contribution in [0.5, 0.6) is 0 Å². The molecular formula is C25H25N3O2S2. The summed E-state index contributed by atoms with van der Waals surface area (Å²) in [5.41, 5.74) is 3.51. The van der Waals surface area contributed by atoms with Crippen molar-refractivity contribution in [3.05, 3.63) is 75.9 Å². The molecule has 4 aromatic rings. The molecule has 1 atom stereocenters. The lowest BCUT2D eigenvalue weighted by Gasteiger charge is -2.15. The van der Waals surface area contributed by atoms with Crippen molar-refractivity contribution in [3.8, 4) is 16.8 Å². The number of aromatic nitrogens is 2. The number of thiophene rings is 1. The van der Waals surface area contributed by atoms with E-state index in [1.165, 1.54) is 23.1 Å². The minimum atomic E-state index is -0.116. The van der Waals surface area contributed by atoms with E-state index in [4.69, 9.17) is 4.98 Å². The van der Waals surface area contributed by atoms with Crippen LogP contribution in [0.3, 0.4) is 0 Å². The van der Waals surface area contributed by atoms with E-state index >= 15 is 0 Å². The van der Waals surface area contributed by atoms with Crippen molar-refractivity contribution >= 4 is 39.2 Å². The smallest absolute Gasteiger partial charge is 0.268 e. The van der Waals surface area contributed by atoms with Crippen LogP contribution in [-0.4, -0.2) is 27.3 Å². The number of para-hydroxylation sites is 1. The van der Waals surface area contributed by atoms with Gasteiger partial charge in [-0.25, -0.2) is 4.98 Å². The lowest BCUT2D eigenvalue weighted by atomic mass is 10.1. The van der Waals surface area contributed by atoms with Crippen molar-refractivity contribution < 1.29 is 4.79 Å². The Morgan fingerprint density at radius 1 is 1.16 bits per heavy atom. The highest BCUT2D eigenvalue weighted by molar-refractivity contribution is 7.99. The summed E-state index contributed by atoms with van der Waals surface area (Å²) in [6, 6.07) is 17.8. The van der Waals surface area contributed by atoms with Crippen molar-refractivity contribution in [2.24, 2.45) is 0 Å². The third-order valence-electron chi connectivity index (χ3n) is 5.37. The fourth-order valence-corrected chi connectivity index (χ4v) is 5.28. The second kappa shape index (κ2) is 9.71. The standard InChI is InChI=1S/C25H25N3O2S2/c1-4-17(3)26-21(29)15-32-25-27-23-22(19(14-31-23)18-11-6-5-7-12-18)24(30)28(25)20-13-9-8-10-16(20)2/h5-14,17H,4,15H2,1-3H3,(H,26,29). The molecular weight excluding hydrogens is 438 g/mol. The van der Waals surface area contributed by atoms with E-state index in [1.54, 1.807) is 4.57 Å². The molecule has 1 unspecified atom stereocenters. The molecule has 5 nitrogen and oxygen atoms in total. The number of nitrogens with one attached hydrogen (secondary N) is 1. The van der Waals surface area contributed by atoms with Gasteiger partial charge in [0.25, 0.3) is 5.56 Å². The highest BCUT2D eigenvalue weighted by Crippen LogP contribution is 2.33. The van der Waals surface area contributed by atoms with Crippen LogP contribution in [0.15, 0.2) is 69.9 Å². The summed E-state index contributed by atoms with van der Waals surface area (Å²) in [5.74, 6) is 0.136. The molecule has 1 N–H and O–H groups in total. The number of amides is 1. The molecule has 32 heavy (non-hydrogen) atoms. The molecule has 0 saturated carbocycles. The average Bonchev–Trinajstić information content (AvgIpc) is 3.23. The van der Waals surface area contributed by atoms with Crippen LogP contribution < -0.4 is 10.9 Å². The van der Waals surface area contributed by atoms with Gasteiger partial charge in [-0.05, 0) is 37.5 Å². The zero-order valence-corrected chi connectivity index (χ0v) is 19.9. The van der Waals surface area contributed by atoms with E-state index in [0.717, 1.165) is 28.8 Å². The molecule has 0 spiro atoms. The van der Waals surface area contributed by atoms with E-state index in [0.29, 0.717) is 15.4 Å². The van der Waals surface area contributed by atoms with Gasteiger partial charge in [0.1, 0.15) is 4.83 Å². The summed E-state index contributed by atoms with van der Waals surface area (Å²) in [7, 11) is 0. The minimum Gasteiger partial charge on any atom is -0.353 e. The molecule has 2 aromatic heterocycles. The summed E-state index contributed by atoms with van der Waals surface area (Å²) in [5, 5.41) is 6.10. The van der Waals surface area contributed by atoms with Gasteiger partial charge < -0.3 is 5.32 Å². The minimum absolute atomic E-state index is 0.0637. The molecule has 0 aliphatic rings. The highest BCUT2D eigenvalue weighted by atomic mass is 32.2. The van der Waals surface area contributed by atoms with Crippen LogP contribution in [0.4, 0.5) is 0 Å². The van der Waals surface area contributed by atoms with Crippen LogP contribution in [0.1, 0.15) is 25.8 Å². The van der Waals surface area contributed by atoms with Crippen LogP contribution >= 0.6 is 23.1 Å². The Bertz CT molecular complexity index is 1310. The molecule has 4 rings (SSSR count). The molecule has 0 radical (unpaired) electrons. The van der Waals surface area contributed by atoms with Gasteiger partial charge in [0.15, 0.2) is 5.16 Å². The number of nitrogens with zero attached hydrogens (tertiary/aromatic N) is 2. The van der Waals surface area contributed by atoms with Gasteiger partial charge in [-0.3, -0.25) is 14.2 Å². The van der Waals surface area contributed by atoms with Gasteiger partial charge >= 0.3 is 0 Å². The molecule has 164 valence electrons. The largest absolute Gasteiger partial charge is 0.353 e.